The van der Waals surface area contributed by atoms with E-state index in [4.69, 9.17) is 33.2 Å². The highest BCUT2D eigenvalue weighted by atomic mass is 35.8. The van der Waals surface area contributed by atoms with Gasteiger partial charge in [-0.1, -0.05) is 0 Å². The van der Waals surface area contributed by atoms with Gasteiger partial charge < -0.3 is 0 Å². The van der Waals surface area contributed by atoms with Crippen molar-refractivity contribution in [2.24, 2.45) is 0 Å². The van der Waals surface area contributed by atoms with Crippen molar-refractivity contribution in [1.82, 2.24) is 0 Å². The van der Waals surface area contributed by atoms with Crippen molar-refractivity contribution < 1.29 is 13.2 Å². The highest BCUT2D eigenvalue weighted by molar-refractivity contribution is 7.64. The molecule has 0 aliphatic carbocycles. The summed E-state index contributed by atoms with van der Waals surface area (Å²) in [5, 5.41) is 0. The van der Waals surface area contributed by atoms with Crippen LogP contribution in [0.25, 0.3) is 0 Å². The van der Waals surface area contributed by atoms with E-state index in [1.165, 1.54) is 0 Å². The molecule has 0 atom stereocenters. The lowest BCUT2D eigenvalue weighted by molar-refractivity contribution is -0.134. The average Bonchev–Trinajstić information content (AvgIpc) is 1.55. The molecule has 0 fully saturated rings. The largest absolute Gasteiger partial charge is 0.389 e. The van der Waals surface area contributed by atoms with Crippen molar-refractivity contribution in [2.75, 3.05) is 0 Å². The number of hydrogen-bond acceptors (Lipinski definition) is 0. The highest BCUT2D eigenvalue weighted by Gasteiger charge is 2.30. The van der Waals surface area contributed by atoms with Gasteiger partial charge in [-0.25, -0.2) is 0 Å². The zero-order valence-electron chi connectivity index (χ0n) is 5.39. The molecule has 0 saturated heterocycles. The first-order valence-corrected chi connectivity index (χ1v) is 8.08. The molecule has 0 aromatic carbocycles. The van der Waals surface area contributed by atoms with Crippen molar-refractivity contribution in [2.45, 2.75) is 25.1 Å². The molecule has 0 saturated carbocycles. The van der Waals surface area contributed by atoms with Crippen LogP contribution in [-0.2, 0) is 0 Å². The maximum absolute atomic E-state index is 11.5. The fourth-order valence-corrected chi connectivity index (χ4v) is 2.27. The summed E-state index contributed by atoms with van der Waals surface area (Å²) in [6.07, 6.45) is -5.09. The second-order valence-electron chi connectivity index (χ2n) is 2.08. The molecule has 0 aromatic heterocycles. The third kappa shape index (κ3) is 10.9. The van der Waals surface area contributed by atoms with Crippen molar-refractivity contribution in [3.63, 3.8) is 0 Å². The Balaban J connectivity index is 3.44. The summed E-state index contributed by atoms with van der Waals surface area (Å²) in [6, 6.07) is -2.77. The molecular formula is C4H6Cl3F3Si. The molecule has 0 N–H and O–H groups in total. The molecule has 11 heavy (non-hydrogen) atoms. The summed E-state index contributed by atoms with van der Waals surface area (Å²) in [5.41, 5.74) is 0. The lowest BCUT2D eigenvalue weighted by Crippen LogP contribution is -2.12. The smallest absolute Gasteiger partial charge is 0.171 e. The topological polar surface area (TPSA) is 0 Å². The SMILES string of the molecule is FC(F)(F)CCC[Si](Cl)(Cl)Cl. The third-order valence-electron chi connectivity index (χ3n) is 0.921. The molecule has 0 bridgehead atoms. The van der Waals surface area contributed by atoms with E-state index >= 15 is 0 Å². The minimum atomic E-state index is -4.13. The molecule has 0 aliphatic rings. The molecule has 0 amide bonds. The Kier molecular flexibility index (Phi) is 4.54. The number of halogens is 6. The Bertz CT molecular complexity index is 105. The van der Waals surface area contributed by atoms with Crippen LogP contribution in [-0.4, -0.2) is 12.2 Å². The van der Waals surface area contributed by atoms with Crippen molar-refractivity contribution in [3.05, 3.63) is 0 Å². The summed E-state index contributed by atoms with van der Waals surface area (Å²) in [4.78, 5) is 0. The number of alkyl halides is 3. The standard InChI is InChI=1S/C4H6Cl3F3Si/c5-11(6,7)3-1-2-4(8,9)10/h1-3H2. The van der Waals surface area contributed by atoms with Crippen LogP contribution in [0.1, 0.15) is 12.8 Å². The van der Waals surface area contributed by atoms with Crippen LogP contribution in [0.15, 0.2) is 0 Å². The van der Waals surface area contributed by atoms with E-state index < -0.39 is 18.6 Å². The summed E-state index contributed by atoms with van der Waals surface area (Å²) < 4.78 is 34.6. The predicted molar refractivity (Wildman–Crippen MR) is 43.4 cm³/mol. The molecule has 0 unspecified atom stereocenters. The van der Waals surface area contributed by atoms with Gasteiger partial charge in [0.1, 0.15) is 0 Å². The summed E-state index contributed by atoms with van der Waals surface area (Å²) in [6.45, 7) is 0. The Morgan fingerprint density at radius 1 is 1.09 bits per heavy atom. The quantitative estimate of drug-likeness (QED) is 0.521. The zero-order valence-corrected chi connectivity index (χ0v) is 8.66. The van der Waals surface area contributed by atoms with Crippen LogP contribution < -0.4 is 0 Å². The second kappa shape index (κ2) is 4.21. The molecule has 0 aromatic rings. The fraction of sp³-hybridized carbons (Fsp3) is 1.00. The van der Waals surface area contributed by atoms with Gasteiger partial charge in [0, 0.05) is 6.42 Å². The van der Waals surface area contributed by atoms with Gasteiger partial charge in [-0.2, -0.15) is 13.2 Å². The first kappa shape index (κ1) is 11.9. The Morgan fingerprint density at radius 3 is 1.82 bits per heavy atom. The van der Waals surface area contributed by atoms with E-state index in [0.717, 1.165) is 0 Å². The zero-order chi connectivity index (χ0) is 9.12. The van der Waals surface area contributed by atoms with Crippen LogP contribution in [0.3, 0.4) is 0 Å². The van der Waals surface area contributed by atoms with Crippen LogP contribution in [0.2, 0.25) is 6.04 Å². The maximum Gasteiger partial charge on any atom is 0.389 e. The van der Waals surface area contributed by atoms with E-state index in [1.807, 2.05) is 0 Å². The molecule has 0 nitrogen and oxygen atoms in total. The molecular weight excluding hydrogens is 239 g/mol. The van der Waals surface area contributed by atoms with E-state index in [1.54, 1.807) is 0 Å². The molecule has 0 spiro atoms. The van der Waals surface area contributed by atoms with Gasteiger partial charge in [0.15, 0.2) is 0 Å². The number of hydrogen-bond donors (Lipinski definition) is 0. The van der Waals surface area contributed by atoms with Gasteiger partial charge in [-0.05, 0) is 12.5 Å². The first-order chi connectivity index (χ1) is 4.71. The molecule has 0 radical (unpaired) electrons. The Hall–Kier alpha value is 0.877. The van der Waals surface area contributed by atoms with Crippen LogP contribution in [0, 0.1) is 0 Å². The fourth-order valence-electron chi connectivity index (χ4n) is 0.489. The van der Waals surface area contributed by atoms with Gasteiger partial charge >= 0.3 is 12.2 Å². The predicted octanol–water partition coefficient (Wildman–Crippen LogP) is 3.98. The monoisotopic (exact) mass is 244 g/mol. The molecule has 68 valence electrons. The van der Waals surface area contributed by atoms with Gasteiger partial charge in [-0.15, -0.1) is 33.2 Å². The Morgan fingerprint density at radius 2 is 1.55 bits per heavy atom. The van der Waals surface area contributed by atoms with Crippen molar-refractivity contribution >= 4 is 39.2 Å². The van der Waals surface area contributed by atoms with Crippen LogP contribution in [0.5, 0.6) is 0 Å². The number of rotatable bonds is 3. The van der Waals surface area contributed by atoms with Gasteiger partial charge in [-0.3, -0.25) is 0 Å². The van der Waals surface area contributed by atoms with E-state index in [0.29, 0.717) is 0 Å². The Labute approximate surface area is 77.7 Å². The van der Waals surface area contributed by atoms with E-state index in [9.17, 15) is 13.2 Å². The summed E-state index contributed by atoms with van der Waals surface area (Å²) in [5.74, 6) is 0. The van der Waals surface area contributed by atoms with Crippen LogP contribution in [0.4, 0.5) is 13.2 Å². The molecule has 0 rings (SSSR count). The van der Waals surface area contributed by atoms with Gasteiger partial charge in [0.2, 0.25) is 0 Å². The minimum absolute atomic E-state index is 0.0666. The lowest BCUT2D eigenvalue weighted by atomic mass is 10.3. The maximum atomic E-state index is 11.5. The van der Waals surface area contributed by atoms with Crippen molar-refractivity contribution in [1.29, 1.82) is 0 Å². The third-order valence-corrected chi connectivity index (χ3v) is 3.54. The van der Waals surface area contributed by atoms with Gasteiger partial charge in [0.05, 0.1) is 0 Å². The minimum Gasteiger partial charge on any atom is -0.171 e. The van der Waals surface area contributed by atoms with Crippen LogP contribution >= 0.6 is 33.2 Å². The molecule has 0 heterocycles. The summed E-state index contributed by atoms with van der Waals surface area (Å²) in [7, 11) is 0. The van der Waals surface area contributed by atoms with Gasteiger partial charge in [0.25, 0.3) is 0 Å². The molecule has 0 aliphatic heterocycles. The normalized spacial score (nSPS) is 13.6. The van der Waals surface area contributed by atoms with E-state index in [2.05, 4.69) is 0 Å². The first-order valence-electron chi connectivity index (χ1n) is 2.84. The summed E-state index contributed by atoms with van der Waals surface area (Å²) >= 11 is 16.1. The molecule has 7 heteroatoms. The second-order valence-corrected chi connectivity index (χ2v) is 11.4. The van der Waals surface area contributed by atoms with E-state index in [-0.39, 0.29) is 12.5 Å². The lowest BCUT2D eigenvalue weighted by Gasteiger charge is -2.08. The highest BCUT2D eigenvalue weighted by Crippen LogP contribution is 2.30. The van der Waals surface area contributed by atoms with Crippen molar-refractivity contribution in [3.8, 4) is 0 Å². The average molecular weight is 246 g/mol.